The largest absolute Gasteiger partial charge is 0.493 e. The van der Waals surface area contributed by atoms with Gasteiger partial charge in [-0.1, -0.05) is 23.7 Å². The van der Waals surface area contributed by atoms with Gasteiger partial charge in [-0.05, 0) is 75.1 Å². The first-order valence-electron chi connectivity index (χ1n) is 11.6. The van der Waals surface area contributed by atoms with Crippen molar-refractivity contribution in [1.82, 2.24) is 15.1 Å². The summed E-state index contributed by atoms with van der Waals surface area (Å²) in [5, 5.41) is 3.82. The molecule has 2 aromatic carbocycles. The third kappa shape index (κ3) is 5.74. The van der Waals surface area contributed by atoms with Gasteiger partial charge in [-0.15, -0.1) is 0 Å². The minimum atomic E-state index is -0.239. The van der Waals surface area contributed by atoms with Gasteiger partial charge in [-0.25, -0.2) is 4.79 Å². The molecule has 180 valence electrons. The number of ether oxygens (including phenoxy) is 2. The maximum Gasteiger partial charge on any atom is 0.318 e. The maximum absolute atomic E-state index is 13.4. The summed E-state index contributed by atoms with van der Waals surface area (Å²) in [7, 11) is 3.27. The first kappa shape index (κ1) is 25.2. The van der Waals surface area contributed by atoms with Gasteiger partial charge in [0.25, 0.3) is 0 Å². The van der Waals surface area contributed by atoms with Gasteiger partial charge in [0, 0.05) is 36.7 Å². The maximum atomic E-state index is 13.4. The highest BCUT2D eigenvalue weighted by Crippen LogP contribution is 2.41. The van der Waals surface area contributed by atoms with E-state index in [2.05, 4.69) is 37.9 Å². The number of hydrogen-bond acceptors (Lipinski definition) is 4. The van der Waals surface area contributed by atoms with Gasteiger partial charge in [0.1, 0.15) is 0 Å². The molecule has 6 nitrogen and oxygen atoms in total. The number of hydrogen-bond donors (Lipinski definition) is 1. The predicted octanol–water partition coefficient (Wildman–Crippen LogP) is 5.13. The molecule has 1 atom stereocenters. The van der Waals surface area contributed by atoms with E-state index >= 15 is 0 Å². The van der Waals surface area contributed by atoms with Gasteiger partial charge in [-0.3, -0.25) is 4.90 Å². The van der Waals surface area contributed by atoms with Crippen molar-refractivity contribution < 1.29 is 14.3 Å². The van der Waals surface area contributed by atoms with E-state index in [4.69, 9.17) is 21.1 Å². The molecule has 0 aliphatic carbocycles. The molecule has 33 heavy (non-hydrogen) atoms. The van der Waals surface area contributed by atoms with Crippen molar-refractivity contribution in [2.24, 2.45) is 0 Å². The number of urea groups is 1. The van der Waals surface area contributed by atoms with Gasteiger partial charge in [-0.2, -0.15) is 0 Å². The van der Waals surface area contributed by atoms with Crippen molar-refractivity contribution in [2.45, 2.75) is 52.2 Å². The molecular formula is C26H36ClN3O3. The average Bonchev–Trinajstić information content (AvgIpc) is 2.80. The third-order valence-electron chi connectivity index (χ3n) is 6.29. The summed E-state index contributed by atoms with van der Waals surface area (Å²) in [5.74, 6) is 1.36. The Morgan fingerprint density at radius 2 is 1.70 bits per heavy atom. The van der Waals surface area contributed by atoms with Gasteiger partial charge in [0.05, 0.1) is 20.3 Å². The van der Waals surface area contributed by atoms with Gasteiger partial charge >= 0.3 is 6.03 Å². The molecule has 1 heterocycles. The number of rotatable bonds is 8. The van der Waals surface area contributed by atoms with Crippen molar-refractivity contribution in [3.05, 3.63) is 58.1 Å². The first-order chi connectivity index (χ1) is 15.8. The second kappa shape index (κ2) is 11.1. The smallest absolute Gasteiger partial charge is 0.318 e. The Morgan fingerprint density at radius 3 is 2.27 bits per heavy atom. The second-order valence-electron chi connectivity index (χ2n) is 8.96. The SMILES string of the molecule is COc1cc2c(cc1OC)C(c1ccc(Cl)cc1)N(C(=O)NCCN(C(C)C)C(C)C)CC2. The summed E-state index contributed by atoms with van der Waals surface area (Å²) in [6.07, 6.45) is 0.747. The number of methoxy groups -OCH3 is 2. The van der Waals surface area contributed by atoms with Crippen molar-refractivity contribution in [3.8, 4) is 11.5 Å². The molecule has 1 N–H and O–H groups in total. The zero-order valence-corrected chi connectivity index (χ0v) is 21.3. The summed E-state index contributed by atoms with van der Waals surface area (Å²) in [6, 6.07) is 12.3. The van der Waals surface area contributed by atoms with E-state index < -0.39 is 0 Å². The summed E-state index contributed by atoms with van der Waals surface area (Å²) >= 11 is 6.15. The van der Waals surface area contributed by atoms with E-state index in [9.17, 15) is 4.79 Å². The lowest BCUT2D eigenvalue weighted by Crippen LogP contribution is -2.49. The van der Waals surface area contributed by atoms with Crippen LogP contribution in [0.2, 0.25) is 5.02 Å². The summed E-state index contributed by atoms with van der Waals surface area (Å²) in [6.45, 7) is 10.7. The van der Waals surface area contributed by atoms with Gasteiger partial charge in [0.15, 0.2) is 11.5 Å². The van der Waals surface area contributed by atoms with E-state index in [-0.39, 0.29) is 12.1 Å². The second-order valence-corrected chi connectivity index (χ2v) is 9.40. The van der Waals surface area contributed by atoms with Crippen LogP contribution in [0.5, 0.6) is 11.5 Å². The number of nitrogens with zero attached hydrogens (tertiary/aromatic N) is 2. The molecule has 3 rings (SSSR count). The number of benzene rings is 2. The van der Waals surface area contributed by atoms with Crippen molar-refractivity contribution in [2.75, 3.05) is 33.9 Å². The highest BCUT2D eigenvalue weighted by atomic mass is 35.5. The molecule has 0 fully saturated rings. The van der Waals surface area contributed by atoms with Crippen LogP contribution in [0.15, 0.2) is 36.4 Å². The number of halogens is 1. The fraction of sp³-hybridized carbons (Fsp3) is 0.500. The van der Waals surface area contributed by atoms with E-state index in [1.807, 2.05) is 41.3 Å². The van der Waals surface area contributed by atoms with Crippen molar-refractivity contribution in [1.29, 1.82) is 0 Å². The van der Waals surface area contributed by atoms with Gasteiger partial charge < -0.3 is 19.7 Å². The van der Waals surface area contributed by atoms with Crippen LogP contribution < -0.4 is 14.8 Å². The number of carbonyl (C=O) groups is 1. The molecule has 0 radical (unpaired) electrons. The Bertz CT molecular complexity index is 939. The molecule has 0 spiro atoms. The number of fused-ring (bicyclic) bond motifs is 1. The molecule has 1 unspecified atom stereocenters. The van der Waals surface area contributed by atoms with Crippen LogP contribution in [0.1, 0.15) is 50.4 Å². The van der Waals surface area contributed by atoms with Crippen LogP contribution >= 0.6 is 11.6 Å². The molecule has 7 heteroatoms. The lowest BCUT2D eigenvalue weighted by molar-refractivity contribution is 0.162. The Kier molecular flexibility index (Phi) is 8.49. The molecule has 1 aliphatic rings. The normalized spacial score (nSPS) is 15.7. The molecule has 0 bridgehead atoms. The van der Waals surface area contributed by atoms with Crippen LogP contribution in [0.25, 0.3) is 0 Å². The zero-order chi connectivity index (χ0) is 24.1. The van der Waals surface area contributed by atoms with E-state index in [0.29, 0.717) is 41.7 Å². The topological polar surface area (TPSA) is 54.0 Å². The Morgan fingerprint density at radius 1 is 1.09 bits per heavy atom. The number of nitrogens with one attached hydrogen (secondary N) is 1. The van der Waals surface area contributed by atoms with E-state index in [1.165, 1.54) is 0 Å². The Balaban J connectivity index is 1.89. The molecule has 0 aromatic heterocycles. The minimum absolute atomic E-state index is 0.0668. The van der Waals surface area contributed by atoms with Crippen LogP contribution in [0.3, 0.4) is 0 Å². The summed E-state index contributed by atoms with van der Waals surface area (Å²) in [5.41, 5.74) is 3.21. The standard InChI is InChI=1S/C26H36ClN3O3/c1-17(2)29(18(3)4)14-12-28-26(31)30-13-11-20-15-23(32-5)24(33-6)16-22(20)25(30)19-7-9-21(27)10-8-19/h7-10,15-18,25H,11-14H2,1-6H3,(H,28,31). The molecule has 0 saturated carbocycles. The highest BCUT2D eigenvalue weighted by molar-refractivity contribution is 6.30. The van der Waals surface area contributed by atoms with Crippen LogP contribution in [0, 0.1) is 0 Å². The summed E-state index contributed by atoms with van der Waals surface area (Å²) < 4.78 is 11.1. The van der Waals surface area contributed by atoms with Crippen LogP contribution in [-0.2, 0) is 6.42 Å². The lowest BCUT2D eigenvalue weighted by atomic mass is 9.88. The van der Waals surface area contributed by atoms with Crippen molar-refractivity contribution >= 4 is 17.6 Å². The summed E-state index contributed by atoms with van der Waals surface area (Å²) in [4.78, 5) is 17.7. The van der Waals surface area contributed by atoms with Crippen LogP contribution in [0.4, 0.5) is 4.79 Å². The predicted molar refractivity (Wildman–Crippen MR) is 134 cm³/mol. The fourth-order valence-corrected chi connectivity index (χ4v) is 4.80. The molecule has 0 saturated heterocycles. The quantitative estimate of drug-likeness (QED) is 0.577. The van der Waals surface area contributed by atoms with E-state index in [1.54, 1.807) is 14.2 Å². The Labute approximate surface area is 202 Å². The fourth-order valence-electron chi connectivity index (χ4n) is 4.68. The Hall–Kier alpha value is -2.44. The lowest BCUT2D eigenvalue weighted by Gasteiger charge is -2.38. The van der Waals surface area contributed by atoms with E-state index in [0.717, 1.165) is 29.7 Å². The van der Waals surface area contributed by atoms with Crippen molar-refractivity contribution in [3.63, 3.8) is 0 Å². The zero-order valence-electron chi connectivity index (χ0n) is 20.5. The minimum Gasteiger partial charge on any atom is -0.493 e. The third-order valence-corrected chi connectivity index (χ3v) is 6.55. The number of carbonyl (C=O) groups excluding carboxylic acids is 1. The first-order valence-corrected chi connectivity index (χ1v) is 11.9. The number of amides is 2. The molecule has 1 aliphatic heterocycles. The molecule has 2 aromatic rings. The average molecular weight is 474 g/mol. The monoisotopic (exact) mass is 473 g/mol. The van der Waals surface area contributed by atoms with Crippen LogP contribution in [-0.4, -0.2) is 61.8 Å². The molecule has 2 amide bonds. The van der Waals surface area contributed by atoms with Gasteiger partial charge in [0.2, 0.25) is 0 Å². The molecular weight excluding hydrogens is 438 g/mol. The highest BCUT2D eigenvalue weighted by Gasteiger charge is 2.33.